The molecule has 2 rings (SSSR count). The molecule has 0 atom stereocenters. The van der Waals surface area contributed by atoms with Crippen molar-refractivity contribution in [3.8, 4) is 0 Å². The molecule has 2 amide bonds. The van der Waals surface area contributed by atoms with Crippen LogP contribution in [0, 0.1) is 0 Å². The Labute approximate surface area is 155 Å². The van der Waals surface area contributed by atoms with Gasteiger partial charge >= 0.3 is 0 Å². The first-order chi connectivity index (χ1) is 11.8. The number of hydrogen-bond acceptors (Lipinski definition) is 3. The van der Waals surface area contributed by atoms with Gasteiger partial charge in [-0.15, -0.1) is 0 Å². The molecule has 0 spiro atoms. The van der Waals surface area contributed by atoms with Crippen molar-refractivity contribution in [2.75, 3.05) is 16.8 Å². The fourth-order valence-electron chi connectivity index (χ4n) is 2.20. The highest BCUT2D eigenvalue weighted by Crippen LogP contribution is 2.25. The highest BCUT2D eigenvalue weighted by atomic mass is 35.5. The molecule has 2 aromatic carbocycles. The van der Waals surface area contributed by atoms with Crippen LogP contribution in [-0.4, -0.2) is 24.1 Å². The number of carbonyl (C=O) groups excluding carboxylic acids is 3. The van der Waals surface area contributed by atoms with Crippen LogP contribution in [0.5, 0.6) is 0 Å². The Morgan fingerprint density at radius 1 is 1.04 bits per heavy atom. The zero-order chi connectivity index (χ0) is 18.6. The predicted octanol–water partition coefficient (Wildman–Crippen LogP) is 4.19. The normalized spacial score (nSPS) is 10.2. The maximum absolute atomic E-state index is 12.3. The standard InChI is InChI=1S/C18H16Cl2N2O3/c1-11(23)13-4-3-5-15(8-13)22(12(2)24)10-18(25)21-17-9-14(19)6-7-16(17)20/h3-9H,10H2,1-2H3,(H,21,25). The molecule has 2 aromatic rings. The molecule has 0 bridgehead atoms. The molecule has 0 saturated heterocycles. The summed E-state index contributed by atoms with van der Waals surface area (Å²) in [4.78, 5) is 37.0. The number of halogens is 2. The van der Waals surface area contributed by atoms with E-state index in [0.29, 0.717) is 27.0 Å². The Morgan fingerprint density at radius 3 is 2.40 bits per heavy atom. The van der Waals surface area contributed by atoms with E-state index in [1.807, 2.05) is 0 Å². The van der Waals surface area contributed by atoms with E-state index in [-0.39, 0.29) is 18.2 Å². The maximum Gasteiger partial charge on any atom is 0.244 e. The van der Waals surface area contributed by atoms with Crippen molar-refractivity contribution in [2.24, 2.45) is 0 Å². The van der Waals surface area contributed by atoms with Gasteiger partial charge < -0.3 is 10.2 Å². The molecule has 25 heavy (non-hydrogen) atoms. The Hall–Kier alpha value is -2.37. The fraction of sp³-hybridized carbons (Fsp3) is 0.167. The summed E-state index contributed by atoms with van der Waals surface area (Å²) in [5, 5.41) is 3.39. The van der Waals surface area contributed by atoms with Gasteiger partial charge in [0.25, 0.3) is 0 Å². The minimum absolute atomic E-state index is 0.125. The van der Waals surface area contributed by atoms with E-state index in [4.69, 9.17) is 23.2 Å². The molecular formula is C18H16Cl2N2O3. The van der Waals surface area contributed by atoms with Crippen LogP contribution < -0.4 is 10.2 Å². The average Bonchev–Trinajstić information content (AvgIpc) is 2.56. The lowest BCUT2D eigenvalue weighted by atomic mass is 10.1. The Morgan fingerprint density at radius 2 is 1.76 bits per heavy atom. The molecule has 0 unspecified atom stereocenters. The second-order valence-electron chi connectivity index (χ2n) is 5.38. The lowest BCUT2D eigenvalue weighted by molar-refractivity contribution is -0.120. The first kappa shape index (κ1) is 19.0. The molecule has 0 aliphatic carbocycles. The maximum atomic E-state index is 12.3. The second-order valence-corrected chi connectivity index (χ2v) is 6.23. The van der Waals surface area contributed by atoms with Gasteiger partial charge in [0, 0.05) is 23.2 Å². The van der Waals surface area contributed by atoms with Crippen molar-refractivity contribution in [2.45, 2.75) is 13.8 Å². The van der Waals surface area contributed by atoms with Crippen molar-refractivity contribution in [1.29, 1.82) is 0 Å². The Kier molecular flexibility index (Phi) is 6.17. The number of anilines is 2. The molecule has 0 aliphatic rings. The molecule has 5 nitrogen and oxygen atoms in total. The third kappa shape index (κ3) is 5.05. The molecule has 0 radical (unpaired) electrons. The number of carbonyl (C=O) groups is 3. The zero-order valence-electron chi connectivity index (χ0n) is 13.7. The van der Waals surface area contributed by atoms with Crippen molar-refractivity contribution in [3.63, 3.8) is 0 Å². The van der Waals surface area contributed by atoms with Gasteiger partial charge in [-0.25, -0.2) is 0 Å². The van der Waals surface area contributed by atoms with Crippen LogP contribution in [0.2, 0.25) is 10.0 Å². The van der Waals surface area contributed by atoms with E-state index in [0.717, 1.165) is 0 Å². The summed E-state index contributed by atoms with van der Waals surface area (Å²) in [6.07, 6.45) is 0. The quantitative estimate of drug-likeness (QED) is 0.793. The van der Waals surface area contributed by atoms with Gasteiger partial charge in [0.2, 0.25) is 11.8 Å². The summed E-state index contributed by atoms with van der Waals surface area (Å²) in [5.74, 6) is -0.888. The summed E-state index contributed by atoms with van der Waals surface area (Å²) in [6, 6.07) is 11.2. The van der Waals surface area contributed by atoms with E-state index in [2.05, 4.69) is 5.32 Å². The molecule has 0 heterocycles. The van der Waals surface area contributed by atoms with Gasteiger partial charge in [-0.1, -0.05) is 35.3 Å². The minimum atomic E-state index is -0.437. The van der Waals surface area contributed by atoms with Gasteiger partial charge in [-0.05, 0) is 37.3 Å². The van der Waals surface area contributed by atoms with E-state index >= 15 is 0 Å². The molecule has 7 heteroatoms. The Bertz CT molecular complexity index is 837. The number of nitrogens with zero attached hydrogens (tertiary/aromatic N) is 1. The van der Waals surface area contributed by atoms with Crippen LogP contribution in [0.3, 0.4) is 0 Å². The minimum Gasteiger partial charge on any atom is -0.323 e. The number of benzene rings is 2. The summed E-state index contributed by atoms with van der Waals surface area (Å²) in [7, 11) is 0. The molecule has 0 aromatic heterocycles. The largest absolute Gasteiger partial charge is 0.323 e. The smallest absolute Gasteiger partial charge is 0.244 e. The van der Waals surface area contributed by atoms with E-state index in [1.165, 1.54) is 24.8 Å². The van der Waals surface area contributed by atoms with Crippen molar-refractivity contribution in [3.05, 3.63) is 58.1 Å². The fourth-order valence-corrected chi connectivity index (χ4v) is 2.54. The first-order valence-electron chi connectivity index (χ1n) is 7.42. The van der Waals surface area contributed by atoms with Crippen LogP contribution in [0.15, 0.2) is 42.5 Å². The Balaban J connectivity index is 2.20. The number of hydrogen-bond donors (Lipinski definition) is 1. The number of rotatable bonds is 5. The third-order valence-corrected chi connectivity index (χ3v) is 4.01. The van der Waals surface area contributed by atoms with Crippen molar-refractivity contribution in [1.82, 2.24) is 0 Å². The molecule has 0 saturated carbocycles. The SMILES string of the molecule is CC(=O)c1cccc(N(CC(=O)Nc2cc(Cl)ccc2Cl)C(C)=O)c1. The van der Waals surface area contributed by atoms with E-state index in [9.17, 15) is 14.4 Å². The van der Waals surface area contributed by atoms with Gasteiger partial charge in [0.05, 0.1) is 10.7 Å². The van der Waals surface area contributed by atoms with E-state index in [1.54, 1.807) is 36.4 Å². The van der Waals surface area contributed by atoms with Crippen LogP contribution in [0.1, 0.15) is 24.2 Å². The summed E-state index contributed by atoms with van der Waals surface area (Å²) in [6.45, 7) is 2.56. The van der Waals surface area contributed by atoms with Crippen molar-refractivity contribution < 1.29 is 14.4 Å². The predicted molar refractivity (Wildman–Crippen MR) is 99.6 cm³/mol. The van der Waals surface area contributed by atoms with Gasteiger partial charge in [-0.2, -0.15) is 0 Å². The monoisotopic (exact) mass is 378 g/mol. The molecule has 0 aliphatic heterocycles. The lowest BCUT2D eigenvalue weighted by Gasteiger charge is -2.21. The van der Waals surface area contributed by atoms with Crippen molar-refractivity contribution >= 4 is 52.2 Å². The number of Topliss-reactive ketones (excluding diaryl/α,β-unsaturated/α-hetero) is 1. The third-order valence-electron chi connectivity index (χ3n) is 3.45. The molecule has 130 valence electrons. The number of ketones is 1. The highest BCUT2D eigenvalue weighted by molar-refractivity contribution is 6.35. The van der Waals surface area contributed by atoms with Gasteiger partial charge in [0.1, 0.15) is 6.54 Å². The summed E-state index contributed by atoms with van der Waals surface area (Å²) >= 11 is 11.9. The van der Waals surface area contributed by atoms with Gasteiger partial charge in [0.15, 0.2) is 5.78 Å². The van der Waals surface area contributed by atoms with Gasteiger partial charge in [-0.3, -0.25) is 14.4 Å². The van der Waals surface area contributed by atoms with Crippen LogP contribution in [0.4, 0.5) is 11.4 Å². The zero-order valence-corrected chi connectivity index (χ0v) is 15.2. The topological polar surface area (TPSA) is 66.5 Å². The first-order valence-corrected chi connectivity index (χ1v) is 8.17. The number of amides is 2. The van der Waals surface area contributed by atoms with Crippen LogP contribution in [-0.2, 0) is 9.59 Å². The molecule has 0 fully saturated rings. The van der Waals surface area contributed by atoms with Crippen LogP contribution in [0.25, 0.3) is 0 Å². The number of nitrogens with one attached hydrogen (secondary N) is 1. The summed E-state index contributed by atoms with van der Waals surface area (Å²) < 4.78 is 0. The average molecular weight is 379 g/mol. The summed E-state index contributed by atoms with van der Waals surface area (Å²) in [5.41, 5.74) is 1.29. The lowest BCUT2D eigenvalue weighted by Crippen LogP contribution is -2.36. The highest BCUT2D eigenvalue weighted by Gasteiger charge is 2.17. The van der Waals surface area contributed by atoms with E-state index < -0.39 is 5.91 Å². The molecule has 1 N–H and O–H groups in total. The van der Waals surface area contributed by atoms with Crippen LogP contribution >= 0.6 is 23.2 Å². The molecular weight excluding hydrogens is 363 g/mol. The second kappa shape index (κ2) is 8.14.